The molecule has 1 amide bonds. The molecular formula is C12H15ClN2O2S. The van der Waals surface area contributed by atoms with Crippen LogP contribution in [-0.4, -0.2) is 29.6 Å². The second-order valence-corrected chi connectivity index (χ2v) is 6.22. The summed E-state index contributed by atoms with van der Waals surface area (Å²) < 4.78 is 5.08. The van der Waals surface area contributed by atoms with Gasteiger partial charge in [-0.25, -0.2) is 0 Å². The van der Waals surface area contributed by atoms with Crippen LogP contribution in [0.3, 0.4) is 0 Å². The number of nitrogen functional groups attached to an aromatic ring is 1. The van der Waals surface area contributed by atoms with E-state index in [0.717, 1.165) is 13.2 Å². The van der Waals surface area contributed by atoms with Gasteiger partial charge in [0, 0.05) is 5.69 Å². The molecule has 2 rings (SSSR count). The third-order valence-corrected chi connectivity index (χ3v) is 4.22. The summed E-state index contributed by atoms with van der Waals surface area (Å²) in [6.07, 6.45) is 0. The highest BCUT2D eigenvalue weighted by Gasteiger charge is 2.25. The van der Waals surface area contributed by atoms with Crippen molar-refractivity contribution < 1.29 is 9.53 Å². The van der Waals surface area contributed by atoms with Gasteiger partial charge in [-0.2, -0.15) is 0 Å². The number of benzene rings is 1. The fourth-order valence-corrected chi connectivity index (χ4v) is 2.86. The lowest BCUT2D eigenvalue weighted by atomic mass is 10.2. The lowest BCUT2D eigenvalue weighted by molar-refractivity contribution is -0.115. The molecule has 1 aliphatic rings. The smallest absolute Gasteiger partial charge is 0.237 e. The van der Waals surface area contributed by atoms with E-state index < -0.39 is 0 Å². The summed E-state index contributed by atoms with van der Waals surface area (Å²) in [5, 5.41) is 3.55. The molecule has 18 heavy (non-hydrogen) atoms. The topological polar surface area (TPSA) is 64.3 Å². The Labute approximate surface area is 115 Å². The Balaban J connectivity index is 1.92. The Bertz CT molecular complexity index is 452. The predicted molar refractivity (Wildman–Crippen MR) is 76.2 cm³/mol. The number of amides is 1. The lowest BCUT2D eigenvalue weighted by Crippen LogP contribution is -2.34. The van der Waals surface area contributed by atoms with Crippen molar-refractivity contribution in [2.24, 2.45) is 0 Å². The summed E-state index contributed by atoms with van der Waals surface area (Å²) in [5.41, 5.74) is 6.76. The van der Waals surface area contributed by atoms with E-state index >= 15 is 0 Å². The molecule has 0 radical (unpaired) electrons. The largest absolute Gasteiger partial charge is 0.399 e. The van der Waals surface area contributed by atoms with Crippen molar-refractivity contribution in [3.8, 4) is 0 Å². The van der Waals surface area contributed by atoms with E-state index in [1.54, 1.807) is 30.0 Å². The zero-order valence-electron chi connectivity index (χ0n) is 9.98. The van der Waals surface area contributed by atoms with Crippen molar-refractivity contribution in [2.75, 3.05) is 24.3 Å². The van der Waals surface area contributed by atoms with Gasteiger partial charge in [0.05, 0.1) is 34.4 Å². The maximum atomic E-state index is 12.0. The molecule has 98 valence electrons. The number of hydrogen-bond donors (Lipinski definition) is 2. The number of carbonyl (C=O) groups is 1. The van der Waals surface area contributed by atoms with Gasteiger partial charge in [0.1, 0.15) is 0 Å². The van der Waals surface area contributed by atoms with Crippen molar-refractivity contribution in [3.63, 3.8) is 0 Å². The van der Waals surface area contributed by atoms with Crippen LogP contribution in [0.4, 0.5) is 11.4 Å². The number of ether oxygens (including phenoxy) is 1. The molecule has 0 spiro atoms. The van der Waals surface area contributed by atoms with Gasteiger partial charge in [0.15, 0.2) is 0 Å². The molecule has 1 fully saturated rings. The summed E-state index contributed by atoms with van der Waals surface area (Å²) in [6.45, 7) is 3.33. The first kappa shape index (κ1) is 13.5. The maximum absolute atomic E-state index is 12.0. The number of anilines is 2. The van der Waals surface area contributed by atoms with Crippen LogP contribution in [0.15, 0.2) is 18.2 Å². The van der Waals surface area contributed by atoms with E-state index in [2.05, 4.69) is 5.32 Å². The molecule has 0 saturated carbocycles. The zero-order chi connectivity index (χ0) is 13.1. The van der Waals surface area contributed by atoms with Crippen LogP contribution in [-0.2, 0) is 9.53 Å². The predicted octanol–water partition coefficient (Wildman–Crippen LogP) is 2.38. The van der Waals surface area contributed by atoms with Crippen molar-refractivity contribution in [1.82, 2.24) is 0 Å². The van der Waals surface area contributed by atoms with Crippen LogP contribution in [0.1, 0.15) is 6.92 Å². The minimum Gasteiger partial charge on any atom is -0.399 e. The van der Waals surface area contributed by atoms with Crippen LogP contribution in [0.5, 0.6) is 0 Å². The highest BCUT2D eigenvalue weighted by atomic mass is 35.5. The van der Waals surface area contributed by atoms with Crippen molar-refractivity contribution in [1.29, 1.82) is 0 Å². The van der Waals surface area contributed by atoms with Gasteiger partial charge in [-0.3, -0.25) is 4.79 Å². The van der Waals surface area contributed by atoms with Crippen molar-refractivity contribution >= 4 is 40.6 Å². The molecule has 1 aromatic rings. The Kier molecular flexibility index (Phi) is 4.37. The molecule has 1 aromatic carbocycles. The van der Waals surface area contributed by atoms with Crippen molar-refractivity contribution in [2.45, 2.75) is 17.4 Å². The van der Waals surface area contributed by atoms with Crippen LogP contribution >= 0.6 is 23.4 Å². The number of nitrogens with two attached hydrogens (primary N) is 1. The average molecular weight is 287 g/mol. The first-order chi connectivity index (χ1) is 8.56. The highest BCUT2D eigenvalue weighted by Crippen LogP contribution is 2.27. The number of halogens is 1. The van der Waals surface area contributed by atoms with E-state index in [1.807, 2.05) is 6.92 Å². The molecule has 0 aromatic heterocycles. The Morgan fingerprint density at radius 3 is 2.89 bits per heavy atom. The minimum absolute atomic E-state index is 0.0569. The highest BCUT2D eigenvalue weighted by molar-refractivity contribution is 8.01. The number of nitrogens with one attached hydrogen (secondary N) is 1. The Morgan fingerprint density at radius 1 is 1.61 bits per heavy atom. The molecule has 1 saturated heterocycles. The minimum atomic E-state index is -0.132. The summed E-state index contributed by atoms with van der Waals surface area (Å²) in [6, 6.07) is 5.03. The second-order valence-electron chi connectivity index (χ2n) is 4.17. The first-order valence-corrected chi connectivity index (χ1v) is 6.97. The van der Waals surface area contributed by atoms with Crippen LogP contribution in [0.2, 0.25) is 5.02 Å². The van der Waals surface area contributed by atoms with Gasteiger partial charge < -0.3 is 15.8 Å². The van der Waals surface area contributed by atoms with Gasteiger partial charge in [0.25, 0.3) is 0 Å². The molecular weight excluding hydrogens is 272 g/mol. The molecule has 0 aliphatic carbocycles. The van der Waals surface area contributed by atoms with E-state index in [4.69, 9.17) is 22.1 Å². The molecule has 1 unspecified atom stereocenters. The van der Waals surface area contributed by atoms with Gasteiger partial charge in [-0.05, 0) is 25.1 Å². The summed E-state index contributed by atoms with van der Waals surface area (Å²) in [5.74, 6) is -0.0569. The second kappa shape index (κ2) is 5.82. The SMILES string of the molecule is CC(SC1COC1)C(=O)Nc1ccc(N)cc1Cl. The molecule has 1 heterocycles. The fraction of sp³-hybridized carbons (Fsp3) is 0.417. The molecule has 4 nitrogen and oxygen atoms in total. The van der Waals surface area contributed by atoms with E-state index in [9.17, 15) is 4.79 Å². The van der Waals surface area contributed by atoms with E-state index in [0.29, 0.717) is 21.6 Å². The molecule has 1 atom stereocenters. The van der Waals surface area contributed by atoms with Crippen LogP contribution < -0.4 is 11.1 Å². The normalized spacial score (nSPS) is 17.0. The molecule has 0 bridgehead atoms. The van der Waals surface area contributed by atoms with Crippen LogP contribution in [0, 0.1) is 0 Å². The molecule has 1 aliphatic heterocycles. The number of thioether (sulfide) groups is 1. The third-order valence-electron chi connectivity index (χ3n) is 2.62. The van der Waals surface area contributed by atoms with Gasteiger partial charge in [0.2, 0.25) is 5.91 Å². The maximum Gasteiger partial charge on any atom is 0.237 e. The fourth-order valence-electron chi connectivity index (χ4n) is 1.51. The summed E-state index contributed by atoms with van der Waals surface area (Å²) in [4.78, 5) is 12.0. The van der Waals surface area contributed by atoms with E-state index in [1.165, 1.54) is 0 Å². The van der Waals surface area contributed by atoms with Gasteiger partial charge >= 0.3 is 0 Å². The van der Waals surface area contributed by atoms with Gasteiger partial charge in [-0.15, -0.1) is 11.8 Å². The molecule has 6 heteroatoms. The average Bonchev–Trinajstić information content (AvgIpc) is 2.27. The number of hydrogen-bond acceptors (Lipinski definition) is 4. The summed E-state index contributed by atoms with van der Waals surface area (Å²) >= 11 is 7.62. The Hall–Kier alpha value is -0.910. The van der Waals surface area contributed by atoms with Crippen molar-refractivity contribution in [3.05, 3.63) is 23.2 Å². The van der Waals surface area contributed by atoms with Crippen LogP contribution in [0.25, 0.3) is 0 Å². The van der Waals surface area contributed by atoms with Gasteiger partial charge in [-0.1, -0.05) is 11.6 Å². The Morgan fingerprint density at radius 2 is 2.33 bits per heavy atom. The zero-order valence-corrected chi connectivity index (χ0v) is 11.6. The number of carbonyl (C=O) groups excluding carboxylic acids is 1. The molecule has 3 N–H and O–H groups in total. The number of rotatable bonds is 4. The monoisotopic (exact) mass is 286 g/mol. The lowest BCUT2D eigenvalue weighted by Gasteiger charge is -2.27. The quantitative estimate of drug-likeness (QED) is 0.834. The first-order valence-electron chi connectivity index (χ1n) is 5.65. The van der Waals surface area contributed by atoms with E-state index in [-0.39, 0.29) is 11.2 Å². The summed E-state index contributed by atoms with van der Waals surface area (Å²) in [7, 11) is 0. The third kappa shape index (κ3) is 3.31. The standard InChI is InChI=1S/C12H15ClN2O2S/c1-7(18-9-5-17-6-9)12(16)15-11-3-2-8(14)4-10(11)13/h2-4,7,9H,5-6,14H2,1H3,(H,15,16).